The summed E-state index contributed by atoms with van der Waals surface area (Å²) in [6.07, 6.45) is 0.863. The number of carbonyl (C=O) groups excluding carboxylic acids is 1. The van der Waals surface area contributed by atoms with E-state index in [0.29, 0.717) is 17.9 Å². The third-order valence-corrected chi connectivity index (χ3v) is 5.65. The van der Waals surface area contributed by atoms with Crippen LogP contribution in [0, 0.1) is 0 Å². The lowest BCUT2D eigenvalue weighted by Crippen LogP contribution is -2.33. The van der Waals surface area contributed by atoms with Gasteiger partial charge in [-0.1, -0.05) is 33.3 Å². The summed E-state index contributed by atoms with van der Waals surface area (Å²) in [5.41, 5.74) is 1.49. The Kier molecular flexibility index (Phi) is 8.24. The van der Waals surface area contributed by atoms with E-state index in [1.54, 1.807) is 18.1 Å². The molecule has 0 aliphatic carbocycles. The van der Waals surface area contributed by atoms with Crippen molar-refractivity contribution in [1.82, 2.24) is 9.88 Å². The van der Waals surface area contributed by atoms with E-state index in [0.717, 1.165) is 32.8 Å². The van der Waals surface area contributed by atoms with Crippen LogP contribution < -0.4 is 9.64 Å². The zero-order valence-corrected chi connectivity index (χ0v) is 19.2. The smallest absolute Gasteiger partial charge is 0.260 e. The number of methoxy groups -OCH3 is 1. The highest BCUT2D eigenvalue weighted by molar-refractivity contribution is 9.10. The number of aromatic nitrogens is 1. The summed E-state index contributed by atoms with van der Waals surface area (Å²) < 4.78 is 7.32. The van der Waals surface area contributed by atoms with Crippen LogP contribution in [0.4, 0.5) is 5.13 Å². The number of nitrogens with zero attached hydrogens (tertiary/aromatic N) is 3. The van der Waals surface area contributed by atoms with Crippen molar-refractivity contribution in [3.8, 4) is 5.75 Å². The predicted octanol–water partition coefficient (Wildman–Crippen LogP) is 5.09. The third-order valence-electron chi connectivity index (χ3n) is 4.12. The minimum absolute atomic E-state index is 0. The predicted molar refractivity (Wildman–Crippen MR) is 122 cm³/mol. The van der Waals surface area contributed by atoms with Crippen LogP contribution in [0.2, 0.25) is 0 Å². The van der Waals surface area contributed by atoms with Crippen LogP contribution in [0.1, 0.15) is 16.8 Å². The Morgan fingerprint density at radius 3 is 2.68 bits per heavy atom. The van der Waals surface area contributed by atoms with Gasteiger partial charge in [0.1, 0.15) is 5.75 Å². The fourth-order valence-electron chi connectivity index (χ4n) is 2.74. The van der Waals surface area contributed by atoms with Crippen molar-refractivity contribution in [2.24, 2.45) is 0 Å². The van der Waals surface area contributed by atoms with Gasteiger partial charge in [0, 0.05) is 16.6 Å². The van der Waals surface area contributed by atoms with Crippen molar-refractivity contribution in [1.29, 1.82) is 0 Å². The molecule has 0 radical (unpaired) electrons. The summed E-state index contributed by atoms with van der Waals surface area (Å²) in [4.78, 5) is 21.8. The van der Waals surface area contributed by atoms with E-state index in [-0.39, 0.29) is 18.3 Å². The normalized spacial score (nSPS) is 10.8. The second-order valence-corrected chi connectivity index (χ2v) is 8.38. The van der Waals surface area contributed by atoms with Crippen LogP contribution in [-0.2, 0) is 0 Å². The van der Waals surface area contributed by atoms with E-state index < -0.39 is 0 Å². The molecular weight excluding hydrogens is 462 g/mol. The van der Waals surface area contributed by atoms with Gasteiger partial charge in [-0.15, -0.1) is 12.4 Å². The molecule has 1 aromatic heterocycles. The van der Waals surface area contributed by atoms with Crippen LogP contribution >= 0.6 is 39.7 Å². The molecule has 3 rings (SSSR count). The highest BCUT2D eigenvalue weighted by Gasteiger charge is 2.21. The van der Waals surface area contributed by atoms with Crippen molar-refractivity contribution in [2.75, 3.05) is 39.2 Å². The molecule has 5 nitrogen and oxygen atoms in total. The Labute approximate surface area is 183 Å². The summed E-state index contributed by atoms with van der Waals surface area (Å²) in [6, 6.07) is 13.2. The summed E-state index contributed by atoms with van der Waals surface area (Å²) >= 11 is 5.03. The number of hydrogen-bond donors (Lipinski definition) is 0. The molecule has 0 unspecified atom stereocenters. The van der Waals surface area contributed by atoms with E-state index in [9.17, 15) is 4.79 Å². The van der Waals surface area contributed by atoms with Crippen molar-refractivity contribution < 1.29 is 9.53 Å². The largest absolute Gasteiger partial charge is 0.497 e. The molecular formula is C20H23BrClN3O2S. The van der Waals surface area contributed by atoms with E-state index in [1.807, 2.05) is 50.5 Å². The van der Waals surface area contributed by atoms with Crippen molar-refractivity contribution in [2.45, 2.75) is 6.42 Å². The minimum Gasteiger partial charge on any atom is -0.497 e. The molecule has 0 aliphatic rings. The lowest BCUT2D eigenvalue weighted by atomic mass is 10.2. The molecule has 1 amide bonds. The van der Waals surface area contributed by atoms with Gasteiger partial charge in [-0.2, -0.15) is 0 Å². The lowest BCUT2D eigenvalue weighted by Gasteiger charge is -2.21. The van der Waals surface area contributed by atoms with E-state index in [1.165, 1.54) is 11.3 Å². The average Bonchev–Trinajstić information content (AvgIpc) is 3.07. The third kappa shape index (κ3) is 5.44. The topological polar surface area (TPSA) is 45.7 Å². The Bertz CT molecular complexity index is 948. The lowest BCUT2D eigenvalue weighted by molar-refractivity contribution is 0.0985. The number of rotatable bonds is 7. The average molecular weight is 485 g/mol. The SMILES string of the molecule is COc1cccc(C(=O)N(CCCN(C)C)c2nc3ccc(Br)cc3s2)c1.Cl. The van der Waals surface area contributed by atoms with Gasteiger partial charge in [0.25, 0.3) is 5.91 Å². The minimum atomic E-state index is -0.0641. The number of anilines is 1. The Morgan fingerprint density at radius 1 is 1.18 bits per heavy atom. The molecule has 0 N–H and O–H groups in total. The number of carbonyl (C=O) groups is 1. The molecule has 8 heteroatoms. The summed E-state index contributed by atoms with van der Waals surface area (Å²) in [5, 5.41) is 0.717. The molecule has 1 heterocycles. The van der Waals surface area contributed by atoms with E-state index in [2.05, 4.69) is 20.8 Å². The first-order valence-electron chi connectivity index (χ1n) is 8.64. The van der Waals surface area contributed by atoms with Crippen LogP contribution in [0.15, 0.2) is 46.9 Å². The molecule has 0 saturated heterocycles. The summed E-state index contributed by atoms with van der Waals surface area (Å²) in [5.74, 6) is 0.605. The molecule has 0 bridgehead atoms. The number of hydrogen-bond acceptors (Lipinski definition) is 5. The van der Waals surface area contributed by atoms with Crippen LogP contribution in [0.5, 0.6) is 5.75 Å². The van der Waals surface area contributed by atoms with Gasteiger partial charge >= 0.3 is 0 Å². The van der Waals surface area contributed by atoms with Crippen molar-refractivity contribution >= 4 is 60.9 Å². The maximum absolute atomic E-state index is 13.2. The molecule has 0 saturated carbocycles. The molecule has 150 valence electrons. The van der Waals surface area contributed by atoms with Crippen molar-refractivity contribution in [3.63, 3.8) is 0 Å². The Hall–Kier alpha value is -1.67. The molecule has 0 aliphatic heterocycles. The summed E-state index contributed by atoms with van der Waals surface area (Å²) in [7, 11) is 5.66. The van der Waals surface area contributed by atoms with Gasteiger partial charge in [0.05, 0.1) is 17.3 Å². The number of thiazole rings is 1. The summed E-state index contributed by atoms with van der Waals surface area (Å²) in [6.45, 7) is 1.51. The zero-order valence-electron chi connectivity index (χ0n) is 16.0. The van der Waals surface area contributed by atoms with Gasteiger partial charge < -0.3 is 9.64 Å². The maximum Gasteiger partial charge on any atom is 0.260 e. The second-order valence-electron chi connectivity index (χ2n) is 6.45. The quantitative estimate of drug-likeness (QED) is 0.469. The maximum atomic E-state index is 13.2. The van der Waals surface area contributed by atoms with Gasteiger partial charge in [-0.25, -0.2) is 4.98 Å². The first-order valence-corrected chi connectivity index (χ1v) is 10.3. The molecule has 0 fully saturated rings. The number of fused-ring (bicyclic) bond motifs is 1. The number of halogens is 2. The molecule has 3 aromatic rings. The highest BCUT2D eigenvalue weighted by Crippen LogP contribution is 2.32. The fraction of sp³-hybridized carbons (Fsp3) is 0.300. The van der Waals surface area contributed by atoms with Crippen LogP contribution in [0.3, 0.4) is 0 Å². The van der Waals surface area contributed by atoms with Crippen molar-refractivity contribution in [3.05, 3.63) is 52.5 Å². The second kappa shape index (κ2) is 10.2. The van der Waals surface area contributed by atoms with Gasteiger partial charge in [0.15, 0.2) is 5.13 Å². The molecule has 28 heavy (non-hydrogen) atoms. The molecule has 0 atom stereocenters. The van der Waals surface area contributed by atoms with Crippen LogP contribution in [-0.4, -0.2) is 50.1 Å². The fourth-order valence-corrected chi connectivity index (χ4v) is 4.28. The first-order chi connectivity index (χ1) is 13.0. The van der Waals surface area contributed by atoms with Gasteiger partial charge in [-0.3, -0.25) is 9.69 Å². The van der Waals surface area contributed by atoms with Gasteiger partial charge in [-0.05, 0) is 63.5 Å². The number of benzene rings is 2. The zero-order chi connectivity index (χ0) is 19.4. The van der Waals surface area contributed by atoms with E-state index >= 15 is 0 Å². The van der Waals surface area contributed by atoms with E-state index in [4.69, 9.17) is 9.72 Å². The first kappa shape index (κ1) is 22.6. The number of amides is 1. The highest BCUT2D eigenvalue weighted by atomic mass is 79.9. The van der Waals surface area contributed by atoms with Gasteiger partial charge in [0.2, 0.25) is 0 Å². The Balaban J connectivity index is 0.00000280. The molecule has 0 spiro atoms. The Morgan fingerprint density at radius 2 is 1.96 bits per heavy atom. The monoisotopic (exact) mass is 483 g/mol. The molecule has 2 aromatic carbocycles. The number of ether oxygens (including phenoxy) is 1. The standard InChI is InChI=1S/C20H22BrN3O2S.ClH/c1-23(2)10-5-11-24(19(25)14-6-4-7-16(12-14)26-3)20-22-17-9-8-15(21)13-18(17)27-20;/h4,6-9,12-13H,5,10-11H2,1-3H3;1H. The van der Waals surface area contributed by atoms with Crippen LogP contribution in [0.25, 0.3) is 10.2 Å².